The molecule has 1 aromatic carbocycles. The highest BCUT2D eigenvalue weighted by Gasteiger charge is 2.23. The fourth-order valence-corrected chi connectivity index (χ4v) is 4.19. The number of halogens is 1. The number of hydrogen-bond donors (Lipinski definition) is 3. The average Bonchev–Trinajstić information content (AvgIpc) is 3.25. The van der Waals surface area contributed by atoms with Gasteiger partial charge in [-0.1, -0.05) is 35.7 Å². The van der Waals surface area contributed by atoms with E-state index in [2.05, 4.69) is 20.0 Å². The molecule has 0 aliphatic heterocycles. The predicted octanol–water partition coefficient (Wildman–Crippen LogP) is 4.19. The Hall–Kier alpha value is -2.69. The minimum Gasteiger partial charge on any atom is -0.464 e. The number of aromatic nitrogens is 4. The third kappa shape index (κ3) is 9.94. The summed E-state index contributed by atoms with van der Waals surface area (Å²) in [5.74, 6) is 0.00476. The third-order valence-electron chi connectivity index (χ3n) is 5.03. The van der Waals surface area contributed by atoms with Gasteiger partial charge in [0, 0.05) is 5.02 Å². The second-order valence-corrected chi connectivity index (χ2v) is 10.8. The average molecular weight is 553 g/mol. The number of nitrogens with zero attached hydrogens (tertiary/aromatic N) is 4. The summed E-state index contributed by atoms with van der Waals surface area (Å²) in [6, 6.07) is 7.37. The van der Waals surface area contributed by atoms with Crippen molar-refractivity contribution in [2.24, 2.45) is 5.73 Å². The molecule has 3 atom stereocenters. The number of anilines is 1. The van der Waals surface area contributed by atoms with Gasteiger partial charge in [-0.2, -0.15) is 0 Å². The number of nitrogens with two attached hydrogens (primary N) is 2. The third-order valence-corrected chi connectivity index (χ3v) is 6.34. The Morgan fingerprint density at radius 2 is 1.89 bits per heavy atom. The fourth-order valence-electron chi connectivity index (χ4n) is 3.02. The second-order valence-electron chi connectivity index (χ2n) is 9.07. The molecule has 0 aliphatic carbocycles. The van der Waals surface area contributed by atoms with Crippen LogP contribution in [0.3, 0.4) is 0 Å². The molecule has 5 N–H and O–H groups in total. The summed E-state index contributed by atoms with van der Waals surface area (Å²) < 4.78 is 24.6. The minimum absolute atomic E-state index is 0.0675. The van der Waals surface area contributed by atoms with Crippen LogP contribution >= 0.6 is 19.6 Å². The van der Waals surface area contributed by atoms with Crippen LogP contribution in [0.5, 0.6) is 0 Å². The first-order valence-electron chi connectivity index (χ1n) is 11.9. The van der Waals surface area contributed by atoms with Gasteiger partial charge in [-0.15, -0.1) is 0 Å². The Bertz CT molecular complexity index is 1170. The zero-order valence-electron chi connectivity index (χ0n) is 21.8. The maximum absolute atomic E-state index is 12.3. The lowest BCUT2D eigenvalue weighted by Crippen LogP contribution is -2.42. The van der Waals surface area contributed by atoms with Gasteiger partial charge in [0.1, 0.15) is 17.4 Å². The number of hydrogen-bond acceptors (Lipinski definition) is 9. The van der Waals surface area contributed by atoms with Gasteiger partial charge in [-0.05, 0) is 56.4 Å². The van der Waals surface area contributed by atoms with Crippen LogP contribution in [0.15, 0.2) is 36.9 Å². The van der Waals surface area contributed by atoms with Crippen molar-refractivity contribution in [1.82, 2.24) is 24.6 Å². The van der Waals surface area contributed by atoms with E-state index >= 15 is 0 Å². The van der Waals surface area contributed by atoms with Crippen molar-refractivity contribution in [3.05, 3.63) is 47.5 Å². The molecule has 3 rings (SSSR count). The number of carbonyl (C=O) groups excluding carboxylic acids is 1. The zero-order valence-corrected chi connectivity index (χ0v) is 23.5. The smallest absolute Gasteiger partial charge is 0.461 e. The van der Waals surface area contributed by atoms with Crippen molar-refractivity contribution >= 4 is 42.5 Å². The number of fused-ring (bicyclic) bond motifs is 1. The van der Waals surface area contributed by atoms with Gasteiger partial charge in [0.25, 0.3) is 6.35 Å². The van der Waals surface area contributed by atoms with Gasteiger partial charge < -0.3 is 25.5 Å². The van der Waals surface area contributed by atoms with E-state index in [9.17, 15) is 9.36 Å². The highest BCUT2D eigenvalue weighted by Crippen LogP contribution is 2.25. The number of nitrogen functional groups attached to an aromatic ring is 1. The molecule has 0 aliphatic rings. The van der Waals surface area contributed by atoms with Crippen LogP contribution in [0.25, 0.3) is 11.2 Å². The van der Waals surface area contributed by atoms with Crippen molar-refractivity contribution in [3.8, 4) is 0 Å². The minimum atomic E-state index is -1.71. The van der Waals surface area contributed by atoms with Crippen molar-refractivity contribution < 1.29 is 18.8 Å². The topological polar surface area (TPSA) is 160 Å². The van der Waals surface area contributed by atoms with E-state index in [-0.39, 0.29) is 24.5 Å². The molecular formula is C24H36ClN7O4P+. The van der Waals surface area contributed by atoms with E-state index < -0.39 is 13.5 Å². The Morgan fingerprint density at radius 3 is 2.51 bits per heavy atom. The molecule has 11 nitrogen and oxygen atoms in total. The van der Waals surface area contributed by atoms with Crippen LogP contribution in [0.1, 0.15) is 52.6 Å². The number of nitrogens with one attached hydrogen (secondary N) is 1. The Labute approximate surface area is 223 Å². The molecule has 3 aromatic rings. The van der Waals surface area contributed by atoms with Gasteiger partial charge in [0.05, 0.1) is 31.6 Å². The molecular weight excluding hydrogens is 517 g/mol. The van der Waals surface area contributed by atoms with Gasteiger partial charge in [-0.25, -0.2) is 15.0 Å². The highest BCUT2D eigenvalue weighted by molar-refractivity contribution is 7.42. The van der Waals surface area contributed by atoms with Crippen molar-refractivity contribution in [2.75, 3.05) is 18.7 Å². The first-order chi connectivity index (χ1) is 17.4. The first-order valence-corrected chi connectivity index (χ1v) is 13.7. The van der Waals surface area contributed by atoms with Crippen LogP contribution < -0.4 is 16.6 Å². The largest absolute Gasteiger partial charge is 0.464 e. The molecule has 0 bridgehead atoms. The molecule has 3 unspecified atom stereocenters. The first kappa shape index (κ1) is 30.5. The number of carbonyl (C=O) groups is 1. The summed E-state index contributed by atoms with van der Waals surface area (Å²) in [5, 5.41) is 3.72. The Kier molecular flexibility index (Phi) is 11.8. The van der Waals surface area contributed by atoms with Gasteiger partial charge in [0.2, 0.25) is 0 Å². The van der Waals surface area contributed by atoms with E-state index in [0.29, 0.717) is 35.2 Å². The molecule has 0 amide bonds. The van der Waals surface area contributed by atoms with Crippen molar-refractivity contribution in [1.29, 1.82) is 0 Å². The molecule has 0 saturated carbocycles. The van der Waals surface area contributed by atoms with E-state index in [1.54, 1.807) is 20.2 Å². The highest BCUT2D eigenvalue weighted by atomic mass is 35.5. The number of esters is 1. The lowest BCUT2D eigenvalue weighted by atomic mass is 10.1. The van der Waals surface area contributed by atoms with Gasteiger partial charge >= 0.3 is 13.9 Å². The number of benzene rings is 1. The summed E-state index contributed by atoms with van der Waals surface area (Å²) in [4.78, 5) is 23.2. The Balaban J connectivity index is 0.000000410. The normalized spacial score (nSPS) is 13.4. The van der Waals surface area contributed by atoms with Crippen LogP contribution in [0.4, 0.5) is 5.82 Å². The van der Waals surface area contributed by atoms with Gasteiger partial charge in [0.15, 0.2) is 11.5 Å². The van der Waals surface area contributed by atoms with Crippen molar-refractivity contribution in [3.63, 3.8) is 0 Å². The van der Waals surface area contributed by atoms with Crippen molar-refractivity contribution in [2.45, 2.75) is 65.3 Å². The van der Waals surface area contributed by atoms with E-state index in [1.165, 1.54) is 6.33 Å². The molecule has 0 fully saturated rings. The maximum Gasteiger partial charge on any atom is 0.461 e. The van der Waals surface area contributed by atoms with E-state index in [0.717, 1.165) is 12.0 Å². The van der Waals surface area contributed by atoms with E-state index in [1.807, 2.05) is 49.6 Å². The van der Waals surface area contributed by atoms with E-state index in [4.69, 9.17) is 32.5 Å². The fraction of sp³-hybridized carbons (Fsp3) is 0.500. The number of imidazole rings is 1. The molecule has 0 spiro atoms. The number of rotatable bonds is 11. The molecule has 2 aromatic heterocycles. The lowest BCUT2D eigenvalue weighted by molar-refractivity contribution is -0.148. The van der Waals surface area contributed by atoms with Crippen LogP contribution in [-0.2, 0) is 25.4 Å². The standard InChI is InChI=1S/C17H21ClN6O2P.C7H15NO2/c1-11(7-24-9-22-15-16(19)20-8-21-17(15)24)26-10-27(25)23-12(2)13-3-5-14(18)6-4-13;1-4-5-10-6(9)7(2,3)8/h3-6,8-9,11-12H,7,10H2,1-2H3,(H,23,25)(H2,19,20,21);4-5,8H2,1-3H3/q+1;. The molecule has 37 heavy (non-hydrogen) atoms. The summed E-state index contributed by atoms with van der Waals surface area (Å²) in [7, 11) is -1.71. The molecule has 0 radical (unpaired) electrons. The van der Waals surface area contributed by atoms with Crippen LogP contribution in [-0.4, -0.2) is 50.1 Å². The molecule has 13 heteroatoms. The lowest BCUT2D eigenvalue weighted by Gasteiger charge is -2.15. The quantitative estimate of drug-likeness (QED) is 0.232. The summed E-state index contributed by atoms with van der Waals surface area (Å²) in [6.45, 7) is 10.0. The zero-order chi connectivity index (χ0) is 27.6. The maximum atomic E-state index is 12.3. The van der Waals surface area contributed by atoms with Crippen LogP contribution in [0, 0.1) is 0 Å². The molecule has 202 valence electrons. The summed E-state index contributed by atoms with van der Waals surface area (Å²) in [5.41, 5.74) is 12.6. The van der Waals surface area contributed by atoms with Gasteiger partial charge in [-0.3, -0.25) is 4.79 Å². The molecule has 2 heterocycles. The van der Waals surface area contributed by atoms with Crippen LogP contribution in [0.2, 0.25) is 5.02 Å². The number of ether oxygens (including phenoxy) is 2. The predicted molar refractivity (Wildman–Crippen MR) is 145 cm³/mol. The second kappa shape index (κ2) is 14.3. The Morgan fingerprint density at radius 1 is 1.22 bits per heavy atom. The molecule has 0 saturated heterocycles. The summed E-state index contributed by atoms with van der Waals surface area (Å²) in [6.07, 6.45) is 3.82. The SMILES string of the molecule is CC(Cn1cnc2c(N)ncnc21)OC[P+](=O)NC(C)c1ccc(Cl)cc1.CCCOC(=O)C(C)(C)N. The monoisotopic (exact) mass is 552 g/mol. The summed E-state index contributed by atoms with van der Waals surface area (Å²) >= 11 is 5.89.